The van der Waals surface area contributed by atoms with Gasteiger partial charge in [-0.3, -0.25) is 4.79 Å². The van der Waals surface area contributed by atoms with Crippen molar-refractivity contribution in [2.75, 3.05) is 6.61 Å². The molecule has 1 aromatic heterocycles. The number of carbonyl (C=O) groups excluding carboxylic acids is 1. The van der Waals surface area contributed by atoms with Crippen molar-refractivity contribution in [3.05, 3.63) is 11.8 Å². The lowest BCUT2D eigenvalue weighted by Gasteiger charge is -2.35. The second-order valence-corrected chi connectivity index (χ2v) is 3.78. The lowest BCUT2D eigenvalue weighted by molar-refractivity contribution is -0.155. The molecule has 1 heterocycles. The van der Waals surface area contributed by atoms with E-state index in [1.165, 1.54) is 0 Å². The van der Waals surface area contributed by atoms with E-state index >= 15 is 0 Å². The van der Waals surface area contributed by atoms with E-state index in [-0.39, 0.29) is 5.97 Å². The summed E-state index contributed by atoms with van der Waals surface area (Å²) >= 11 is 0. The summed E-state index contributed by atoms with van der Waals surface area (Å²) in [6.45, 7) is 3.89. The molecular weight excluding hydrogens is 196 g/mol. The van der Waals surface area contributed by atoms with Crippen LogP contribution in [0.4, 0.5) is 0 Å². The highest BCUT2D eigenvalue weighted by molar-refractivity contribution is 5.82. The van der Waals surface area contributed by atoms with Gasteiger partial charge in [0, 0.05) is 6.92 Å². The second-order valence-electron chi connectivity index (χ2n) is 3.78. The molecule has 1 aromatic rings. The van der Waals surface area contributed by atoms with Crippen molar-refractivity contribution < 1.29 is 13.9 Å². The standard InChI is InChI=1S/C10H14N2O3/c1-3-14-9(13)10(5-4-6-10)8-12-11-7(2)15-8/h3-6H2,1-2H3. The predicted octanol–water partition coefficient (Wildman–Crippen LogP) is 1.36. The number of rotatable bonds is 3. The van der Waals surface area contributed by atoms with E-state index < -0.39 is 5.41 Å². The maximum atomic E-state index is 11.8. The first-order valence-electron chi connectivity index (χ1n) is 5.17. The van der Waals surface area contributed by atoms with Gasteiger partial charge in [-0.15, -0.1) is 10.2 Å². The highest BCUT2D eigenvalue weighted by Gasteiger charge is 2.51. The van der Waals surface area contributed by atoms with Crippen molar-refractivity contribution in [3.8, 4) is 0 Å². The number of aryl methyl sites for hydroxylation is 1. The van der Waals surface area contributed by atoms with Crippen LogP contribution in [0.3, 0.4) is 0 Å². The summed E-state index contributed by atoms with van der Waals surface area (Å²) in [5.41, 5.74) is -0.655. The molecule has 1 aliphatic rings. The molecule has 0 aromatic carbocycles. The van der Waals surface area contributed by atoms with Crippen molar-refractivity contribution in [3.63, 3.8) is 0 Å². The Morgan fingerprint density at radius 2 is 2.27 bits per heavy atom. The van der Waals surface area contributed by atoms with Crippen LogP contribution in [0.2, 0.25) is 0 Å². The van der Waals surface area contributed by atoms with E-state index in [2.05, 4.69) is 10.2 Å². The predicted molar refractivity (Wildman–Crippen MR) is 51.2 cm³/mol. The fourth-order valence-electron chi connectivity index (χ4n) is 1.79. The molecule has 15 heavy (non-hydrogen) atoms. The highest BCUT2D eigenvalue weighted by Crippen LogP contribution is 2.44. The number of carbonyl (C=O) groups is 1. The molecule has 0 radical (unpaired) electrons. The summed E-state index contributed by atoms with van der Waals surface area (Å²) in [7, 11) is 0. The van der Waals surface area contributed by atoms with Crippen LogP contribution in [0, 0.1) is 6.92 Å². The molecule has 0 atom stereocenters. The number of nitrogens with zero attached hydrogens (tertiary/aromatic N) is 2. The first-order valence-corrected chi connectivity index (χ1v) is 5.17. The third-order valence-corrected chi connectivity index (χ3v) is 2.81. The molecule has 1 fully saturated rings. The molecule has 82 valence electrons. The van der Waals surface area contributed by atoms with Crippen LogP contribution in [-0.2, 0) is 14.9 Å². The van der Waals surface area contributed by atoms with Crippen molar-refractivity contribution in [2.24, 2.45) is 0 Å². The molecule has 1 aliphatic carbocycles. The molecule has 5 heteroatoms. The molecule has 1 saturated carbocycles. The van der Waals surface area contributed by atoms with E-state index in [1.54, 1.807) is 13.8 Å². The van der Waals surface area contributed by atoms with Gasteiger partial charge in [0.25, 0.3) is 0 Å². The summed E-state index contributed by atoms with van der Waals surface area (Å²) in [5, 5.41) is 7.68. The van der Waals surface area contributed by atoms with Crippen molar-refractivity contribution in [2.45, 2.75) is 38.5 Å². The minimum atomic E-state index is -0.655. The molecule has 0 bridgehead atoms. The van der Waals surface area contributed by atoms with Gasteiger partial charge in [0.05, 0.1) is 6.61 Å². The summed E-state index contributed by atoms with van der Waals surface area (Å²) in [5.74, 6) is 0.658. The van der Waals surface area contributed by atoms with E-state index in [1.807, 2.05) is 0 Å². The SMILES string of the molecule is CCOC(=O)C1(c2nnc(C)o2)CCC1. The maximum absolute atomic E-state index is 11.8. The van der Waals surface area contributed by atoms with Crippen LogP contribution in [0.25, 0.3) is 0 Å². The van der Waals surface area contributed by atoms with E-state index in [0.29, 0.717) is 18.4 Å². The maximum Gasteiger partial charge on any atom is 0.321 e. The third-order valence-electron chi connectivity index (χ3n) is 2.81. The van der Waals surface area contributed by atoms with Gasteiger partial charge < -0.3 is 9.15 Å². The number of hydrogen-bond acceptors (Lipinski definition) is 5. The Bertz CT molecular complexity index is 368. The normalized spacial score (nSPS) is 18.3. The fourth-order valence-corrected chi connectivity index (χ4v) is 1.79. The quantitative estimate of drug-likeness (QED) is 0.705. The van der Waals surface area contributed by atoms with Gasteiger partial charge in [-0.1, -0.05) is 6.42 Å². The van der Waals surface area contributed by atoms with Crippen molar-refractivity contribution >= 4 is 5.97 Å². The van der Waals surface area contributed by atoms with E-state index in [9.17, 15) is 4.79 Å². The van der Waals surface area contributed by atoms with Crippen LogP contribution >= 0.6 is 0 Å². The minimum Gasteiger partial charge on any atom is -0.465 e. The lowest BCUT2D eigenvalue weighted by atomic mass is 9.68. The second kappa shape index (κ2) is 3.64. The third kappa shape index (κ3) is 1.52. The Morgan fingerprint density at radius 1 is 1.53 bits per heavy atom. The van der Waals surface area contributed by atoms with E-state index in [4.69, 9.17) is 9.15 Å². The molecular formula is C10H14N2O3. The molecule has 2 rings (SSSR count). The van der Waals surface area contributed by atoms with Gasteiger partial charge >= 0.3 is 5.97 Å². The molecule has 0 unspecified atom stereocenters. The van der Waals surface area contributed by atoms with Crippen LogP contribution in [-0.4, -0.2) is 22.8 Å². The van der Waals surface area contributed by atoms with Gasteiger partial charge in [-0.2, -0.15) is 0 Å². The summed E-state index contributed by atoms with van der Waals surface area (Å²) < 4.78 is 10.4. The average Bonchev–Trinajstić information content (AvgIpc) is 2.51. The number of aromatic nitrogens is 2. The topological polar surface area (TPSA) is 65.2 Å². The first-order chi connectivity index (χ1) is 7.19. The Morgan fingerprint density at radius 3 is 2.67 bits per heavy atom. The minimum absolute atomic E-state index is 0.236. The molecule has 0 saturated heterocycles. The van der Waals surface area contributed by atoms with Gasteiger partial charge in [0.2, 0.25) is 11.8 Å². The monoisotopic (exact) mass is 210 g/mol. The van der Waals surface area contributed by atoms with E-state index in [0.717, 1.165) is 19.3 Å². The van der Waals surface area contributed by atoms with Crippen molar-refractivity contribution in [1.29, 1.82) is 0 Å². The Kier molecular flexibility index (Phi) is 2.46. The smallest absolute Gasteiger partial charge is 0.321 e. The van der Waals surface area contributed by atoms with Gasteiger partial charge in [-0.25, -0.2) is 0 Å². The van der Waals surface area contributed by atoms with Crippen molar-refractivity contribution in [1.82, 2.24) is 10.2 Å². The summed E-state index contributed by atoms with van der Waals surface area (Å²) in [6, 6.07) is 0. The highest BCUT2D eigenvalue weighted by atomic mass is 16.5. The zero-order chi connectivity index (χ0) is 10.9. The first kappa shape index (κ1) is 10.1. The van der Waals surface area contributed by atoms with Crippen LogP contribution in [0.5, 0.6) is 0 Å². The molecule has 0 spiro atoms. The largest absolute Gasteiger partial charge is 0.465 e. The Hall–Kier alpha value is -1.39. The number of ether oxygens (including phenoxy) is 1. The zero-order valence-electron chi connectivity index (χ0n) is 8.95. The number of esters is 1. The lowest BCUT2D eigenvalue weighted by Crippen LogP contribution is -2.44. The molecule has 0 amide bonds. The Balaban J connectivity index is 2.25. The molecule has 0 aliphatic heterocycles. The van der Waals surface area contributed by atoms with Gasteiger partial charge in [0.1, 0.15) is 5.41 Å². The van der Waals surface area contributed by atoms with Crippen LogP contribution in [0.1, 0.15) is 38.0 Å². The Labute approximate surface area is 87.8 Å². The fraction of sp³-hybridized carbons (Fsp3) is 0.700. The van der Waals surface area contributed by atoms with Gasteiger partial charge in [-0.05, 0) is 19.8 Å². The van der Waals surface area contributed by atoms with Gasteiger partial charge in [0.15, 0.2) is 0 Å². The average molecular weight is 210 g/mol. The molecule has 5 nitrogen and oxygen atoms in total. The zero-order valence-corrected chi connectivity index (χ0v) is 8.95. The van der Waals surface area contributed by atoms with Crippen LogP contribution < -0.4 is 0 Å². The number of hydrogen-bond donors (Lipinski definition) is 0. The summed E-state index contributed by atoms with van der Waals surface area (Å²) in [6.07, 6.45) is 2.49. The summed E-state index contributed by atoms with van der Waals surface area (Å²) in [4.78, 5) is 11.8. The molecule has 0 N–H and O–H groups in total. The van der Waals surface area contributed by atoms with Crippen LogP contribution in [0.15, 0.2) is 4.42 Å².